The average Bonchev–Trinajstić information content (AvgIpc) is 3.42. The lowest BCUT2D eigenvalue weighted by Crippen LogP contribution is -2.05. The van der Waals surface area contributed by atoms with Gasteiger partial charge in [-0.05, 0) is 41.8 Å². The van der Waals surface area contributed by atoms with Crippen LogP contribution >= 0.6 is 11.3 Å². The van der Waals surface area contributed by atoms with Crippen molar-refractivity contribution in [2.45, 2.75) is 6.61 Å². The number of carbonyl (C=O) groups is 1. The first-order valence-electron chi connectivity index (χ1n) is 7.56. The number of benzene rings is 1. The average molecular weight is 351 g/mol. The Kier molecular flexibility index (Phi) is 4.14. The Morgan fingerprint density at radius 1 is 1.20 bits per heavy atom. The standard InChI is InChI=1S/C18H13N3O3S/c22-18(13-4-6-15(7-5-13)21-9-2-8-19-21)23-12-14-11-16(24-20-14)17-3-1-10-25-17/h1-11H,12H2. The van der Waals surface area contributed by atoms with E-state index in [1.807, 2.05) is 41.9 Å². The number of ether oxygens (including phenoxy) is 1. The smallest absolute Gasteiger partial charge is 0.338 e. The fourth-order valence-electron chi connectivity index (χ4n) is 2.31. The first-order chi connectivity index (χ1) is 12.3. The monoisotopic (exact) mass is 351 g/mol. The van der Waals surface area contributed by atoms with Gasteiger partial charge in [-0.15, -0.1) is 11.3 Å². The van der Waals surface area contributed by atoms with E-state index in [2.05, 4.69) is 10.3 Å². The highest BCUT2D eigenvalue weighted by Gasteiger charge is 2.11. The van der Waals surface area contributed by atoms with Crippen LogP contribution < -0.4 is 0 Å². The summed E-state index contributed by atoms with van der Waals surface area (Å²) in [6.45, 7) is 0.0641. The van der Waals surface area contributed by atoms with E-state index in [0.29, 0.717) is 17.0 Å². The van der Waals surface area contributed by atoms with E-state index in [1.165, 1.54) is 0 Å². The second-order valence-electron chi connectivity index (χ2n) is 5.23. The van der Waals surface area contributed by atoms with Gasteiger partial charge in [0.2, 0.25) is 0 Å². The molecule has 0 aliphatic carbocycles. The molecule has 3 aromatic heterocycles. The summed E-state index contributed by atoms with van der Waals surface area (Å²) >= 11 is 1.56. The van der Waals surface area contributed by atoms with Gasteiger partial charge >= 0.3 is 5.97 Å². The molecular formula is C18H13N3O3S. The molecule has 0 saturated carbocycles. The minimum atomic E-state index is -0.410. The van der Waals surface area contributed by atoms with Gasteiger partial charge in [0.05, 0.1) is 16.1 Å². The number of thiophene rings is 1. The quantitative estimate of drug-likeness (QED) is 0.509. The van der Waals surface area contributed by atoms with Crippen LogP contribution in [0.15, 0.2) is 70.8 Å². The van der Waals surface area contributed by atoms with Crippen LogP contribution in [0.5, 0.6) is 0 Å². The highest BCUT2D eigenvalue weighted by molar-refractivity contribution is 7.13. The first-order valence-corrected chi connectivity index (χ1v) is 8.44. The Morgan fingerprint density at radius 3 is 2.80 bits per heavy atom. The molecule has 0 atom stereocenters. The molecule has 0 aliphatic rings. The van der Waals surface area contributed by atoms with Crippen molar-refractivity contribution in [1.29, 1.82) is 0 Å². The zero-order chi connectivity index (χ0) is 17.1. The SMILES string of the molecule is O=C(OCc1cc(-c2cccs2)on1)c1ccc(-n2cccn2)cc1. The van der Waals surface area contributed by atoms with E-state index in [1.54, 1.807) is 40.4 Å². The maximum atomic E-state index is 12.2. The maximum absolute atomic E-state index is 12.2. The normalized spacial score (nSPS) is 10.7. The summed E-state index contributed by atoms with van der Waals surface area (Å²) in [5.41, 5.74) is 1.92. The molecule has 1 aromatic carbocycles. The predicted molar refractivity (Wildman–Crippen MR) is 92.5 cm³/mol. The van der Waals surface area contributed by atoms with Crippen LogP contribution in [0.4, 0.5) is 0 Å². The van der Waals surface area contributed by atoms with Gasteiger partial charge in [0.15, 0.2) is 5.76 Å². The van der Waals surface area contributed by atoms with Crippen LogP contribution in [0.2, 0.25) is 0 Å². The molecule has 0 unspecified atom stereocenters. The van der Waals surface area contributed by atoms with Crippen LogP contribution in [0, 0.1) is 0 Å². The molecule has 7 heteroatoms. The summed E-state index contributed by atoms with van der Waals surface area (Å²) in [5.74, 6) is 0.261. The third-order valence-corrected chi connectivity index (χ3v) is 4.43. The summed E-state index contributed by atoms with van der Waals surface area (Å²) in [6, 6.07) is 14.5. The summed E-state index contributed by atoms with van der Waals surface area (Å²) in [5, 5.41) is 10.0. The fraction of sp³-hybridized carbons (Fsp3) is 0.0556. The Hall–Kier alpha value is -3.19. The number of esters is 1. The first kappa shape index (κ1) is 15.3. The van der Waals surface area contributed by atoms with Gasteiger partial charge in [0.25, 0.3) is 0 Å². The van der Waals surface area contributed by atoms with Crippen LogP contribution in [0.1, 0.15) is 16.1 Å². The third-order valence-electron chi connectivity index (χ3n) is 3.55. The van der Waals surface area contributed by atoms with E-state index in [4.69, 9.17) is 9.26 Å². The van der Waals surface area contributed by atoms with Gasteiger partial charge < -0.3 is 9.26 Å². The number of rotatable bonds is 5. The molecule has 25 heavy (non-hydrogen) atoms. The molecule has 3 heterocycles. The fourth-order valence-corrected chi connectivity index (χ4v) is 2.98. The molecule has 0 amide bonds. The Balaban J connectivity index is 1.39. The lowest BCUT2D eigenvalue weighted by molar-refractivity contribution is 0.0464. The second kappa shape index (κ2) is 6.74. The molecule has 4 rings (SSSR count). The van der Waals surface area contributed by atoms with Crippen molar-refractivity contribution in [3.05, 3.63) is 77.6 Å². The molecule has 0 aliphatic heterocycles. The second-order valence-corrected chi connectivity index (χ2v) is 6.18. The number of hydrogen-bond donors (Lipinski definition) is 0. The molecule has 0 N–H and O–H groups in total. The summed E-state index contributed by atoms with van der Waals surface area (Å²) < 4.78 is 12.3. The maximum Gasteiger partial charge on any atom is 0.338 e. The number of nitrogens with zero attached hydrogens (tertiary/aromatic N) is 3. The van der Waals surface area contributed by atoms with Crippen molar-refractivity contribution < 1.29 is 14.1 Å². The Morgan fingerprint density at radius 2 is 2.08 bits per heavy atom. The summed E-state index contributed by atoms with van der Waals surface area (Å²) in [6.07, 6.45) is 3.54. The van der Waals surface area contributed by atoms with Crippen LogP contribution in [0.25, 0.3) is 16.3 Å². The van der Waals surface area contributed by atoms with Crippen molar-refractivity contribution in [2.24, 2.45) is 0 Å². The van der Waals surface area contributed by atoms with Crippen molar-refractivity contribution in [1.82, 2.24) is 14.9 Å². The summed E-state index contributed by atoms with van der Waals surface area (Å²) in [7, 11) is 0. The Labute approximate surface area is 147 Å². The molecular weight excluding hydrogens is 338 g/mol. The van der Waals surface area contributed by atoms with Gasteiger partial charge in [0, 0.05) is 18.5 Å². The number of carbonyl (C=O) groups excluding carboxylic acids is 1. The minimum Gasteiger partial charge on any atom is -0.455 e. The van der Waals surface area contributed by atoms with Gasteiger partial charge in [-0.2, -0.15) is 5.10 Å². The van der Waals surface area contributed by atoms with Crippen LogP contribution in [-0.2, 0) is 11.3 Å². The summed E-state index contributed by atoms with van der Waals surface area (Å²) in [4.78, 5) is 13.1. The van der Waals surface area contributed by atoms with E-state index in [9.17, 15) is 4.79 Å². The lowest BCUT2D eigenvalue weighted by Gasteiger charge is -2.04. The van der Waals surface area contributed by atoms with Crippen molar-refractivity contribution in [2.75, 3.05) is 0 Å². The number of hydrogen-bond acceptors (Lipinski definition) is 6. The van der Waals surface area contributed by atoms with Crippen LogP contribution in [-0.4, -0.2) is 20.9 Å². The molecule has 0 saturated heterocycles. The minimum absolute atomic E-state index is 0.0641. The number of aromatic nitrogens is 3. The molecule has 0 fully saturated rings. The van der Waals surface area contributed by atoms with E-state index in [0.717, 1.165) is 10.6 Å². The predicted octanol–water partition coefficient (Wildman–Crippen LogP) is 3.95. The topological polar surface area (TPSA) is 70.2 Å². The molecule has 6 nitrogen and oxygen atoms in total. The largest absolute Gasteiger partial charge is 0.455 e. The van der Waals surface area contributed by atoms with Crippen molar-refractivity contribution in [3.8, 4) is 16.3 Å². The van der Waals surface area contributed by atoms with Gasteiger partial charge in [-0.1, -0.05) is 11.2 Å². The van der Waals surface area contributed by atoms with Gasteiger partial charge in [-0.3, -0.25) is 0 Å². The molecule has 0 spiro atoms. The highest BCUT2D eigenvalue weighted by Crippen LogP contribution is 2.25. The van der Waals surface area contributed by atoms with E-state index < -0.39 is 5.97 Å². The Bertz CT molecular complexity index is 958. The lowest BCUT2D eigenvalue weighted by atomic mass is 10.2. The van der Waals surface area contributed by atoms with Gasteiger partial charge in [-0.25, -0.2) is 9.48 Å². The van der Waals surface area contributed by atoms with Gasteiger partial charge in [0.1, 0.15) is 12.3 Å². The highest BCUT2D eigenvalue weighted by atomic mass is 32.1. The van der Waals surface area contributed by atoms with Crippen LogP contribution in [0.3, 0.4) is 0 Å². The molecule has 0 radical (unpaired) electrons. The van der Waals surface area contributed by atoms with Crippen molar-refractivity contribution in [3.63, 3.8) is 0 Å². The zero-order valence-corrected chi connectivity index (χ0v) is 13.8. The zero-order valence-electron chi connectivity index (χ0n) is 13.0. The third kappa shape index (κ3) is 3.36. The molecule has 124 valence electrons. The van der Waals surface area contributed by atoms with E-state index >= 15 is 0 Å². The molecule has 4 aromatic rings. The van der Waals surface area contributed by atoms with E-state index in [-0.39, 0.29) is 6.61 Å². The van der Waals surface area contributed by atoms with Crippen molar-refractivity contribution >= 4 is 17.3 Å². The molecule has 0 bridgehead atoms.